The maximum absolute atomic E-state index is 11.8. The maximum atomic E-state index is 11.8. The van der Waals surface area contributed by atoms with Crippen molar-refractivity contribution in [1.82, 2.24) is 10.2 Å². The fraction of sp³-hybridized carbons (Fsp3) is 0.846. The molecule has 0 saturated heterocycles. The Bertz CT molecular complexity index is 288. The van der Waals surface area contributed by atoms with E-state index in [0.29, 0.717) is 33.0 Å². The van der Waals surface area contributed by atoms with E-state index in [9.17, 15) is 9.59 Å². The van der Waals surface area contributed by atoms with Crippen molar-refractivity contribution in [1.29, 1.82) is 0 Å². The van der Waals surface area contributed by atoms with Gasteiger partial charge in [0.1, 0.15) is 6.54 Å². The van der Waals surface area contributed by atoms with Gasteiger partial charge in [0.15, 0.2) is 0 Å². The average Bonchev–Trinajstić information content (AvgIpc) is 2.45. The first-order valence-corrected chi connectivity index (χ1v) is 6.92. The molecule has 8 nitrogen and oxygen atoms in total. The Balaban J connectivity index is 3.74. The van der Waals surface area contributed by atoms with Crippen molar-refractivity contribution in [2.24, 2.45) is 0 Å². The number of ether oxygens (including phenoxy) is 3. The van der Waals surface area contributed by atoms with E-state index in [-0.39, 0.29) is 13.1 Å². The zero-order valence-electron chi connectivity index (χ0n) is 12.8. The molecule has 0 aromatic rings. The number of methoxy groups -OCH3 is 2. The van der Waals surface area contributed by atoms with Crippen LogP contribution in [0, 0.1) is 0 Å². The number of carbonyl (C=O) groups is 2. The zero-order chi connectivity index (χ0) is 15.9. The molecule has 0 bridgehead atoms. The summed E-state index contributed by atoms with van der Waals surface area (Å²) in [6, 6.07) is -0.394. The average molecular weight is 306 g/mol. The number of unbranched alkanes of at least 4 members (excludes halogenated alkanes) is 1. The van der Waals surface area contributed by atoms with Gasteiger partial charge in [0, 0.05) is 33.9 Å². The number of hydrogen-bond donors (Lipinski definition) is 2. The molecule has 0 unspecified atom stereocenters. The summed E-state index contributed by atoms with van der Waals surface area (Å²) in [5.41, 5.74) is 0. The van der Waals surface area contributed by atoms with E-state index in [1.54, 1.807) is 7.11 Å². The van der Waals surface area contributed by atoms with Gasteiger partial charge < -0.3 is 29.5 Å². The lowest BCUT2D eigenvalue weighted by Crippen LogP contribution is -2.44. The van der Waals surface area contributed by atoms with E-state index in [4.69, 9.17) is 19.3 Å². The van der Waals surface area contributed by atoms with Crippen molar-refractivity contribution in [2.45, 2.75) is 12.8 Å². The molecule has 0 heterocycles. The Hall–Kier alpha value is -1.38. The third-order valence-electron chi connectivity index (χ3n) is 2.60. The Labute approximate surface area is 125 Å². The molecule has 0 aliphatic carbocycles. The number of amides is 2. The molecule has 0 saturated carbocycles. The smallest absolute Gasteiger partial charge is 0.323 e. The summed E-state index contributed by atoms with van der Waals surface area (Å²) in [7, 11) is 3.12. The van der Waals surface area contributed by atoms with Gasteiger partial charge in [-0.25, -0.2) is 4.79 Å². The van der Waals surface area contributed by atoms with Gasteiger partial charge in [-0.1, -0.05) is 0 Å². The second-order valence-corrected chi connectivity index (χ2v) is 4.35. The lowest BCUT2D eigenvalue weighted by Gasteiger charge is -2.20. The molecule has 0 radical (unpaired) electrons. The minimum atomic E-state index is -1.05. The van der Waals surface area contributed by atoms with Crippen molar-refractivity contribution >= 4 is 12.0 Å². The summed E-state index contributed by atoms with van der Waals surface area (Å²) < 4.78 is 15.0. The van der Waals surface area contributed by atoms with Crippen LogP contribution in [0.5, 0.6) is 0 Å². The van der Waals surface area contributed by atoms with Gasteiger partial charge in [-0.2, -0.15) is 0 Å². The zero-order valence-corrected chi connectivity index (χ0v) is 12.8. The van der Waals surface area contributed by atoms with Gasteiger partial charge in [-0.15, -0.1) is 0 Å². The monoisotopic (exact) mass is 306 g/mol. The summed E-state index contributed by atoms with van der Waals surface area (Å²) in [5.74, 6) is -1.05. The number of urea groups is 1. The van der Waals surface area contributed by atoms with Crippen LogP contribution in [0.3, 0.4) is 0 Å². The number of hydrogen-bond acceptors (Lipinski definition) is 5. The van der Waals surface area contributed by atoms with Crippen LogP contribution in [0.1, 0.15) is 12.8 Å². The molecule has 0 atom stereocenters. The molecule has 0 aromatic heterocycles. The molecule has 124 valence electrons. The predicted molar refractivity (Wildman–Crippen MR) is 76.4 cm³/mol. The quantitative estimate of drug-likeness (QED) is 0.471. The number of aliphatic carboxylic acids is 1. The van der Waals surface area contributed by atoms with Crippen LogP contribution < -0.4 is 5.32 Å². The SMILES string of the molecule is COCCOCCCCNC(=O)N(CCOC)CC(=O)O. The van der Waals surface area contributed by atoms with E-state index in [1.807, 2.05) is 0 Å². The fourth-order valence-corrected chi connectivity index (χ4v) is 1.50. The highest BCUT2D eigenvalue weighted by Gasteiger charge is 2.15. The molecule has 0 fully saturated rings. The van der Waals surface area contributed by atoms with E-state index in [2.05, 4.69) is 5.32 Å². The lowest BCUT2D eigenvalue weighted by atomic mass is 10.3. The van der Waals surface area contributed by atoms with Gasteiger partial charge in [0.25, 0.3) is 0 Å². The molecule has 0 aliphatic heterocycles. The van der Waals surface area contributed by atoms with E-state index in [1.165, 1.54) is 12.0 Å². The molecule has 8 heteroatoms. The molecule has 2 amide bonds. The standard InChI is InChI=1S/C13H26N2O6/c1-19-8-6-15(11-12(16)17)13(18)14-5-3-4-7-21-10-9-20-2/h3-11H2,1-2H3,(H,14,18)(H,16,17). The third kappa shape index (κ3) is 12.1. The van der Waals surface area contributed by atoms with Gasteiger partial charge >= 0.3 is 12.0 Å². The summed E-state index contributed by atoms with van der Waals surface area (Å²) >= 11 is 0. The van der Waals surface area contributed by atoms with Gasteiger partial charge in [-0.3, -0.25) is 4.79 Å². The van der Waals surface area contributed by atoms with Crippen LogP contribution in [0.4, 0.5) is 4.79 Å². The molecule has 2 N–H and O–H groups in total. The van der Waals surface area contributed by atoms with Crippen molar-refractivity contribution in [2.75, 3.05) is 60.3 Å². The number of carbonyl (C=O) groups excluding carboxylic acids is 1. The van der Waals surface area contributed by atoms with Crippen LogP contribution in [0.2, 0.25) is 0 Å². The number of carboxylic acids is 1. The summed E-state index contributed by atoms with van der Waals surface area (Å²) in [5, 5.41) is 11.4. The second-order valence-electron chi connectivity index (χ2n) is 4.35. The minimum absolute atomic E-state index is 0.245. The highest BCUT2D eigenvalue weighted by atomic mass is 16.5. The molecule has 21 heavy (non-hydrogen) atoms. The van der Waals surface area contributed by atoms with Gasteiger partial charge in [-0.05, 0) is 12.8 Å². The molecular weight excluding hydrogens is 280 g/mol. The summed E-state index contributed by atoms with van der Waals surface area (Å²) in [4.78, 5) is 23.7. The normalized spacial score (nSPS) is 10.4. The Kier molecular flexibility index (Phi) is 12.7. The topological polar surface area (TPSA) is 97.3 Å². The van der Waals surface area contributed by atoms with Crippen LogP contribution in [-0.4, -0.2) is 82.3 Å². The van der Waals surface area contributed by atoms with Crippen molar-refractivity contribution in [3.05, 3.63) is 0 Å². The van der Waals surface area contributed by atoms with Gasteiger partial charge in [0.2, 0.25) is 0 Å². The third-order valence-corrected chi connectivity index (χ3v) is 2.60. The molecule has 0 aliphatic rings. The van der Waals surface area contributed by atoms with Crippen LogP contribution in [0.15, 0.2) is 0 Å². The van der Waals surface area contributed by atoms with E-state index < -0.39 is 12.0 Å². The first-order valence-electron chi connectivity index (χ1n) is 6.92. The largest absolute Gasteiger partial charge is 0.480 e. The minimum Gasteiger partial charge on any atom is -0.480 e. The Morgan fingerprint density at radius 1 is 1.05 bits per heavy atom. The maximum Gasteiger partial charge on any atom is 0.323 e. The molecular formula is C13H26N2O6. The van der Waals surface area contributed by atoms with Crippen LogP contribution in [0.25, 0.3) is 0 Å². The van der Waals surface area contributed by atoms with Crippen LogP contribution in [-0.2, 0) is 19.0 Å². The van der Waals surface area contributed by atoms with Crippen molar-refractivity contribution < 1.29 is 28.9 Å². The first-order chi connectivity index (χ1) is 10.1. The van der Waals surface area contributed by atoms with E-state index in [0.717, 1.165) is 12.8 Å². The fourth-order valence-electron chi connectivity index (χ4n) is 1.50. The number of nitrogens with zero attached hydrogens (tertiary/aromatic N) is 1. The highest BCUT2D eigenvalue weighted by molar-refractivity contribution is 5.80. The summed E-state index contributed by atoms with van der Waals surface area (Å²) in [6.45, 7) is 2.43. The van der Waals surface area contributed by atoms with Crippen molar-refractivity contribution in [3.8, 4) is 0 Å². The van der Waals surface area contributed by atoms with E-state index >= 15 is 0 Å². The van der Waals surface area contributed by atoms with Crippen LogP contribution >= 0.6 is 0 Å². The molecule has 0 rings (SSSR count). The predicted octanol–water partition coefficient (Wildman–Crippen LogP) is 0.172. The molecule has 0 aromatic carbocycles. The molecule has 0 spiro atoms. The van der Waals surface area contributed by atoms with Crippen molar-refractivity contribution in [3.63, 3.8) is 0 Å². The van der Waals surface area contributed by atoms with Gasteiger partial charge in [0.05, 0.1) is 19.8 Å². The number of rotatable bonds is 13. The number of carboxylic acid groups (broad SMARTS) is 1. The Morgan fingerprint density at radius 2 is 1.76 bits per heavy atom. The Morgan fingerprint density at radius 3 is 2.38 bits per heavy atom. The second kappa shape index (κ2) is 13.6. The summed E-state index contributed by atoms with van der Waals surface area (Å²) in [6.07, 6.45) is 1.59. The lowest BCUT2D eigenvalue weighted by molar-refractivity contribution is -0.137. The first kappa shape index (κ1) is 19.6. The number of nitrogens with one attached hydrogen (secondary N) is 1. The highest BCUT2D eigenvalue weighted by Crippen LogP contribution is 1.93.